The van der Waals surface area contributed by atoms with Gasteiger partial charge in [0.2, 0.25) is 0 Å². The number of hydrogen-bond acceptors (Lipinski definition) is 5. The molecule has 6 nitrogen and oxygen atoms in total. The summed E-state index contributed by atoms with van der Waals surface area (Å²) in [5.74, 6) is -0.411. The van der Waals surface area contributed by atoms with Crippen molar-refractivity contribution in [2.45, 2.75) is 117 Å². The molecule has 0 aliphatic heterocycles. The number of rotatable bonds is 16. The Bertz CT molecular complexity index is 494. The molecule has 0 saturated carbocycles. The number of nitrogens with one attached hydrogen (secondary N) is 1. The van der Waals surface area contributed by atoms with Crippen molar-refractivity contribution >= 4 is 12.1 Å². The van der Waals surface area contributed by atoms with E-state index in [0.717, 1.165) is 57.8 Å². The number of amides is 1. The summed E-state index contributed by atoms with van der Waals surface area (Å²) in [6.07, 6.45) is 7.13. The Morgan fingerprint density at radius 1 is 0.800 bits per heavy atom. The van der Waals surface area contributed by atoms with Gasteiger partial charge in [0.05, 0.1) is 23.2 Å². The van der Waals surface area contributed by atoms with Crippen molar-refractivity contribution in [2.75, 3.05) is 20.3 Å². The maximum Gasteiger partial charge on any atom is 0.414 e. The minimum Gasteiger partial charge on any atom is -0.379 e. The maximum absolute atomic E-state index is 12.6. The van der Waals surface area contributed by atoms with Crippen molar-refractivity contribution in [2.24, 2.45) is 5.41 Å². The summed E-state index contributed by atoms with van der Waals surface area (Å²) in [6.45, 7) is 15.3. The van der Waals surface area contributed by atoms with E-state index in [0.29, 0.717) is 13.2 Å². The number of carbonyl (C=O) groups is 2. The highest BCUT2D eigenvalue weighted by molar-refractivity contribution is 5.87. The molecule has 0 heterocycles. The molecule has 0 aliphatic rings. The molecule has 6 heteroatoms. The minimum absolute atomic E-state index is 0.198. The molecular formula is C24H47NO5. The van der Waals surface area contributed by atoms with Crippen LogP contribution in [0.3, 0.4) is 0 Å². The Labute approximate surface area is 184 Å². The second kappa shape index (κ2) is 14.0. The van der Waals surface area contributed by atoms with Gasteiger partial charge in [0.15, 0.2) is 0 Å². The number of hydrogen-bond donors (Lipinski definition) is 1. The number of methoxy groups -OCH3 is 1. The van der Waals surface area contributed by atoms with Crippen molar-refractivity contribution in [1.82, 2.24) is 5.32 Å². The van der Waals surface area contributed by atoms with Crippen molar-refractivity contribution in [3.63, 3.8) is 0 Å². The van der Waals surface area contributed by atoms with E-state index in [2.05, 4.69) is 19.2 Å². The molecular weight excluding hydrogens is 382 g/mol. The zero-order valence-corrected chi connectivity index (χ0v) is 20.8. The normalized spacial score (nSPS) is 12.7. The third kappa shape index (κ3) is 12.5. The molecule has 0 radical (unpaired) electrons. The summed E-state index contributed by atoms with van der Waals surface area (Å²) in [6, 6.07) is 0. The Morgan fingerprint density at radius 3 is 1.87 bits per heavy atom. The van der Waals surface area contributed by atoms with E-state index < -0.39 is 17.5 Å². The van der Waals surface area contributed by atoms with Crippen LogP contribution in [-0.4, -0.2) is 43.5 Å². The Balaban J connectivity index is 4.32. The standard InChI is InChI=1S/C24H47NO5/c1-9-11-15-24(7,16-12-10-2)20(26)30-21(27)25-18-13-14-23(5,6)29-19-17-22(3,4)28-8/h9-19H2,1-8H3,(H,25,27). The fourth-order valence-electron chi connectivity index (χ4n) is 3.16. The number of ether oxygens (including phenoxy) is 3. The molecule has 178 valence electrons. The van der Waals surface area contributed by atoms with Gasteiger partial charge in [-0.15, -0.1) is 0 Å². The predicted molar refractivity (Wildman–Crippen MR) is 122 cm³/mol. The molecule has 1 amide bonds. The summed E-state index contributed by atoms with van der Waals surface area (Å²) in [5.41, 5.74) is -1.07. The summed E-state index contributed by atoms with van der Waals surface area (Å²) in [4.78, 5) is 24.7. The van der Waals surface area contributed by atoms with Gasteiger partial charge in [-0.2, -0.15) is 0 Å². The van der Waals surface area contributed by atoms with Crippen LogP contribution < -0.4 is 5.32 Å². The van der Waals surface area contributed by atoms with Crippen molar-refractivity contribution in [3.05, 3.63) is 0 Å². The third-order valence-electron chi connectivity index (χ3n) is 5.82. The van der Waals surface area contributed by atoms with E-state index >= 15 is 0 Å². The quantitative estimate of drug-likeness (QED) is 0.185. The van der Waals surface area contributed by atoms with Gasteiger partial charge < -0.3 is 19.5 Å². The van der Waals surface area contributed by atoms with Crippen LogP contribution in [0.1, 0.15) is 106 Å². The highest BCUT2D eigenvalue weighted by atomic mass is 16.6. The van der Waals surface area contributed by atoms with E-state index in [1.54, 1.807) is 7.11 Å². The first kappa shape index (κ1) is 28.9. The molecule has 0 rings (SSSR count). The van der Waals surface area contributed by atoms with Crippen LogP contribution in [0.15, 0.2) is 0 Å². The van der Waals surface area contributed by atoms with E-state index in [1.165, 1.54) is 0 Å². The summed E-state index contributed by atoms with van der Waals surface area (Å²) < 4.78 is 16.5. The molecule has 0 bridgehead atoms. The van der Waals surface area contributed by atoms with E-state index in [1.807, 2.05) is 34.6 Å². The second-order valence-electron chi connectivity index (χ2n) is 9.80. The molecule has 0 aromatic carbocycles. The van der Waals surface area contributed by atoms with Gasteiger partial charge >= 0.3 is 12.1 Å². The lowest BCUT2D eigenvalue weighted by Crippen LogP contribution is -2.36. The van der Waals surface area contributed by atoms with Gasteiger partial charge in [0.25, 0.3) is 0 Å². The van der Waals surface area contributed by atoms with Gasteiger partial charge in [-0.05, 0) is 66.7 Å². The number of carbonyl (C=O) groups excluding carboxylic acids is 2. The first-order valence-corrected chi connectivity index (χ1v) is 11.6. The van der Waals surface area contributed by atoms with Crippen LogP contribution in [0.4, 0.5) is 4.79 Å². The van der Waals surface area contributed by atoms with Gasteiger partial charge in [0, 0.05) is 13.7 Å². The van der Waals surface area contributed by atoms with Gasteiger partial charge in [0.1, 0.15) is 0 Å². The zero-order valence-electron chi connectivity index (χ0n) is 20.8. The van der Waals surface area contributed by atoms with Gasteiger partial charge in [-0.3, -0.25) is 4.79 Å². The molecule has 0 aliphatic carbocycles. The smallest absolute Gasteiger partial charge is 0.379 e. The lowest BCUT2D eigenvalue weighted by atomic mass is 9.80. The van der Waals surface area contributed by atoms with E-state index in [-0.39, 0.29) is 11.2 Å². The number of esters is 1. The fourth-order valence-corrected chi connectivity index (χ4v) is 3.16. The van der Waals surface area contributed by atoms with Crippen LogP contribution in [-0.2, 0) is 19.0 Å². The molecule has 0 saturated heterocycles. The highest BCUT2D eigenvalue weighted by Gasteiger charge is 2.35. The Morgan fingerprint density at radius 2 is 1.37 bits per heavy atom. The van der Waals surface area contributed by atoms with E-state index in [9.17, 15) is 9.59 Å². The van der Waals surface area contributed by atoms with Crippen LogP contribution >= 0.6 is 0 Å². The zero-order chi connectivity index (χ0) is 23.3. The largest absolute Gasteiger partial charge is 0.414 e. The maximum atomic E-state index is 12.6. The Kier molecular flexibility index (Phi) is 13.5. The summed E-state index contributed by atoms with van der Waals surface area (Å²) in [5, 5.41) is 2.70. The van der Waals surface area contributed by atoms with Crippen LogP contribution in [0.5, 0.6) is 0 Å². The van der Waals surface area contributed by atoms with Crippen molar-refractivity contribution in [3.8, 4) is 0 Å². The second-order valence-corrected chi connectivity index (χ2v) is 9.80. The SMILES string of the molecule is CCCCC(C)(CCCC)C(=O)OC(=O)NCCCC(C)(C)OCCC(C)(C)OC. The number of unbranched alkanes of at least 4 members (excludes halogenated alkanes) is 2. The molecule has 1 N–H and O–H groups in total. The van der Waals surface area contributed by atoms with E-state index in [4.69, 9.17) is 14.2 Å². The topological polar surface area (TPSA) is 73.9 Å². The minimum atomic E-state index is -0.653. The monoisotopic (exact) mass is 429 g/mol. The predicted octanol–water partition coefficient (Wildman–Crippen LogP) is 6.02. The van der Waals surface area contributed by atoms with Gasteiger partial charge in [-0.25, -0.2) is 4.79 Å². The third-order valence-corrected chi connectivity index (χ3v) is 5.82. The Hall–Kier alpha value is -1.14. The molecule has 0 aromatic rings. The molecule has 0 fully saturated rings. The fraction of sp³-hybridized carbons (Fsp3) is 0.917. The lowest BCUT2D eigenvalue weighted by molar-refractivity contribution is -0.149. The first-order chi connectivity index (χ1) is 13.9. The van der Waals surface area contributed by atoms with Crippen LogP contribution in [0, 0.1) is 5.41 Å². The highest BCUT2D eigenvalue weighted by Crippen LogP contribution is 2.32. The summed E-state index contributed by atoms with van der Waals surface area (Å²) >= 11 is 0. The molecule has 30 heavy (non-hydrogen) atoms. The van der Waals surface area contributed by atoms with Crippen LogP contribution in [0.25, 0.3) is 0 Å². The molecule has 0 unspecified atom stereocenters. The van der Waals surface area contributed by atoms with Crippen molar-refractivity contribution < 1.29 is 23.8 Å². The first-order valence-electron chi connectivity index (χ1n) is 11.6. The molecule has 0 aromatic heterocycles. The summed E-state index contributed by atoms with van der Waals surface area (Å²) in [7, 11) is 1.71. The van der Waals surface area contributed by atoms with Gasteiger partial charge in [-0.1, -0.05) is 39.5 Å². The lowest BCUT2D eigenvalue weighted by Gasteiger charge is -2.29. The molecule has 0 atom stereocenters. The van der Waals surface area contributed by atoms with Crippen LogP contribution in [0.2, 0.25) is 0 Å². The van der Waals surface area contributed by atoms with Crippen molar-refractivity contribution in [1.29, 1.82) is 0 Å². The number of alkyl carbamates (subject to hydrolysis) is 1. The molecule has 0 spiro atoms. The average Bonchev–Trinajstić information content (AvgIpc) is 2.67. The average molecular weight is 430 g/mol.